The molecule has 0 bridgehead atoms. The Kier molecular flexibility index (Phi) is 5.62. The van der Waals surface area contributed by atoms with Crippen molar-refractivity contribution in [2.75, 3.05) is 11.4 Å². The lowest BCUT2D eigenvalue weighted by molar-refractivity contribution is -0.674. The van der Waals surface area contributed by atoms with Gasteiger partial charge in [0.15, 0.2) is 5.75 Å². The van der Waals surface area contributed by atoms with E-state index in [1.54, 1.807) is 0 Å². The first kappa shape index (κ1) is 20.7. The summed E-state index contributed by atoms with van der Waals surface area (Å²) in [5, 5.41) is 0.816. The number of aromatic nitrogens is 1. The Morgan fingerprint density at radius 3 is 2.66 bits per heavy atom. The third kappa shape index (κ3) is 3.65. The van der Waals surface area contributed by atoms with Crippen LogP contribution in [-0.2, 0) is 6.54 Å². The molecule has 0 saturated carbocycles. The first-order chi connectivity index (χ1) is 15.7. The molecular weight excluding hydrogens is 420 g/mol. The number of fused-ring (bicyclic) bond motifs is 2. The maximum atomic E-state index is 6.75. The van der Waals surface area contributed by atoms with Crippen molar-refractivity contribution >= 4 is 34.5 Å². The van der Waals surface area contributed by atoms with Crippen LogP contribution in [0.4, 0.5) is 5.69 Å². The van der Waals surface area contributed by atoms with E-state index in [2.05, 4.69) is 47.6 Å². The maximum absolute atomic E-state index is 6.75. The molecule has 162 valence electrons. The predicted molar refractivity (Wildman–Crippen MR) is 129 cm³/mol. The second kappa shape index (κ2) is 8.71. The lowest BCUT2D eigenvalue weighted by atomic mass is 10.2. The second-order valence-electron chi connectivity index (χ2n) is 7.84. The van der Waals surface area contributed by atoms with E-state index >= 15 is 0 Å². The van der Waals surface area contributed by atoms with Crippen LogP contribution in [0.5, 0.6) is 5.75 Å². The van der Waals surface area contributed by atoms with Gasteiger partial charge in [-0.3, -0.25) is 0 Å². The fraction of sp³-hybridized carbons (Fsp3) is 0.222. The Balaban J connectivity index is 1.39. The van der Waals surface area contributed by atoms with Crippen molar-refractivity contribution in [3.8, 4) is 5.75 Å². The van der Waals surface area contributed by atoms with Crippen LogP contribution in [0.1, 0.15) is 32.6 Å². The van der Waals surface area contributed by atoms with E-state index in [1.807, 2.05) is 48.6 Å². The SMILES string of the molecule is CCN1C(=CC=C2CCC(C=Cc3oc4ccccc4[n+]3CC)=C2Cl)Oc2ccccc21. The van der Waals surface area contributed by atoms with Crippen LogP contribution in [0.15, 0.2) is 93.2 Å². The molecule has 0 spiro atoms. The third-order valence-corrected chi connectivity index (χ3v) is 6.47. The summed E-state index contributed by atoms with van der Waals surface area (Å²) in [6.07, 6.45) is 10.0. The summed E-state index contributed by atoms with van der Waals surface area (Å²) in [5.74, 6) is 2.56. The van der Waals surface area contributed by atoms with Crippen LogP contribution in [0.25, 0.3) is 17.2 Å². The predicted octanol–water partition coefficient (Wildman–Crippen LogP) is 6.73. The molecule has 1 aliphatic heterocycles. The highest BCUT2D eigenvalue weighted by atomic mass is 35.5. The minimum absolute atomic E-state index is 0.816. The molecule has 4 nitrogen and oxygen atoms in total. The van der Waals surface area contributed by atoms with E-state index in [9.17, 15) is 0 Å². The van der Waals surface area contributed by atoms with Gasteiger partial charge >= 0.3 is 5.89 Å². The number of hydrogen-bond acceptors (Lipinski definition) is 3. The minimum Gasteiger partial charge on any atom is -0.439 e. The normalized spacial score (nSPS) is 18.5. The van der Waals surface area contributed by atoms with Gasteiger partial charge in [-0.2, -0.15) is 4.57 Å². The van der Waals surface area contributed by atoms with Crippen molar-refractivity contribution in [3.05, 3.63) is 94.7 Å². The molecule has 3 aromatic rings. The summed E-state index contributed by atoms with van der Waals surface area (Å²) in [4.78, 5) is 2.17. The number of nitrogens with zero attached hydrogens (tertiary/aromatic N) is 2. The summed E-state index contributed by atoms with van der Waals surface area (Å²) in [6, 6.07) is 16.2. The minimum atomic E-state index is 0.816. The molecule has 0 amide bonds. The average molecular weight is 446 g/mol. The highest BCUT2D eigenvalue weighted by Gasteiger charge is 2.24. The number of halogens is 1. The Hall–Kier alpha value is -3.24. The summed E-state index contributed by atoms with van der Waals surface area (Å²) >= 11 is 6.75. The molecule has 0 radical (unpaired) electrons. The van der Waals surface area contributed by atoms with E-state index in [4.69, 9.17) is 20.8 Å². The molecule has 2 aliphatic rings. The van der Waals surface area contributed by atoms with Gasteiger partial charge in [-0.1, -0.05) is 41.9 Å². The van der Waals surface area contributed by atoms with Gasteiger partial charge in [-0.25, -0.2) is 0 Å². The Bertz CT molecular complexity index is 1300. The van der Waals surface area contributed by atoms with E-state index in [0.717, 1.165) is 76.4 Å². The van der Waals surface area contributed by atoms with E-state index in [1.165, 1.54) is 0 Å². The average Bonchev–Trinajstić information content (AvgIpc) is 3.48. The van der Waals surface area contributed by atoms with Gasteiger partial charge in [0.05, 0.1) is 11.8 Å². The molecule has 2 aromatic carbocycles. The number of allylic oxidation sites excluding steroid dienone is 6. The van der Waals surface area contributed by atoms with Crippen molar-refractivity contribution in [2.45, 2.75) is 33.2 Å². The monoisotopic (exact) mass is 445 g/mol. The lowest BCUT2D eigenvalue weighted by Crippen LogP contribution is -2.33. The largest absolute Gasteiger partial charge is 0.439 e. The summed E-state index contributed by atoms with van der Waals surface area (Å²) in [6.45, 7) is 5.94. The highest BCUT2D eigenvalue weighted by molar-refractivity contribution is 6.33. The molecular formula is C27H26ClN2O2+. The zero-order valence-electron chi connectivity index (χ0n) is 18.3. The molecule has 1 aliphatic carbocycles. The summed E-state index contributed by atoms with van der Waals surface area (Å²) in [7, 11) is 0. The maximum Gasteiger partial charge on any atom is 0.374 e. The summed E-state index contributed by atoms with van der Waals surface area (Å²) < 4.78 is 14.3. The number of aryl methyl sites for hydroxylation is 1. The number of oxazole rings is 1. The van der Waals surface area contributed by atoms with Gasteiger partial charge < -0.3 is 14.1 Å². The van der Waals surface area contributed by atoms with Gasteiger partial charge in [0.25, 0.3) is 5.52 Å². The van der Waals surface area contributed by atoms with Crippen molar-refractivity contribution in [1.82, 2.24) is 0 Å². The van der Waals surface area contributed by atoms with Crippen LogP contribution in [0.3, 0.4) is 0 Å². The molecule has 5 heteroatoms. The summed E-state index contributed by atoms with van der Waals surface area (Å²) in [5.41, 5.74) is 5.35. The first-order valence-corrected chi connectivity index (χ1v) is 11.5. The van der Waals surface area contributed by atoms with Crippen LogP contribution in [-0.4, -0.2) is 6.54 Å². The van der Waals surface area contributed by atoms with Crippen molar-refractivity contribution in [1.29, 1.82) is 0 Å². The number of ether oxygens (including phenoxy) is 1. The van der Waals surface area contributed by atoms with Crippen molar-refractivity contribution in [3.63, 3.8) is 0 Å². The van der Waals surface area contributed by atoms with Gasteiger partial charge in [0, 0.05) is 17.6 Å². The van der Waals surface area contributed by atoms with Crippen LogP contribution in [0, 0.1) is 0 Å². The molecule has 5 rings (SSSR count). The third-order valence-electron chi connectivity index (χ3n) is 5.99. The number of hydrogen-bond donors (Lipinski definition) is 0. The fourth-order valence-electron chi connectivity index (χ4n) is 4.36. The van der Waals surface area contributed by atoms with E-state index in [0.29, 0.717) is 0 Å². The standard InChI is InChI=1S/C27H26ClN2O2/c1-3-29-21-9-5-7-11-23(21)31-25(29)17-15-19-13-14-20(27(19)28)16-18-26-30(4-2)22-10-6-8-12-24(22)32-26/h5-12,15-18H,3-4,13-14H2,1-2H3/q+1. The van der Waals surface area contributed by atoms with Crippen LogP contribution < -0.4 is 14.2 Å². The van der Waals surface area contributed by atoms with Gasteiger partial charge in [0.2, 0.25) is 11.5 Å². The molecule has 2 heterocycles. The Labute approximate surface area is 193 Å². The zero-order chi connectivity index (χ0) is 22.1. The lowest BCUT2D eigenvalue weighted by Gasteiger charge is -2.15. The second-order valence-corrected chi connectivity index (χ2v) is 8.21. The fourth-order valence-corrected chi connectivity index (χ4v) is 4.67. The Morgan fingerprint density at radius 1 is 1.00 bits per heavy atom. The van der Waals surface area contributed by atoms with Crippen LogP contribution >= 0.6 is 11.6 Å². The molecule has 1 aromatic heterocycles. The number of para-hydroxylation sites is 4. The molecule has 0 unspecified atom stereocenters. The van der Waals surface area contributed by atoms with E-state index < -0.39 is 0 Å². The number of rotatable bonds is 5. The topological polar surface area (TPSA) is 29.5 Å². The molecule has 0 atom stereocenters. The van der Waals surface area contributed by atoms with Crippen LogP contribution in [0.2, 0.25) is 0 Å². The molecule has 0 fully saturated rings. The first-order valence-electron chi connectivity index (χ1n) is 11.1. The van der Waals surface area contributed by atoms with Gasteiger partial charge in [-0.15, -0.1) is 0 Å². The van der Waals surface area contributed by atoms with Crippen molar-refractivity contribution < 1.29 is 13.7 Å². The van der Waals surface area contributed by atoms with Crippen molar-refractivity contribution in [2.24, 2.45) is 0 Å². The highest BCUT2D eigenvalue weighted by Crippen LogP contribution is 2.39. The van der Waals surface area contributed by atoms with Gasteiger partial charge in [0.1, 0.15) is 6.54 Å². The quantitative estimate of drug-likeness (QED) is 0.408. The van der Waals surface area contributed by atoms with Gasteiger partial charge in [-0.05, 0) is 68.2 Å². The van der Waals surface area contributed by atoms with E-state index in [-0.39, 0.29) is 0 Å². The molecule has 0 saturated heterocycles. The smallest absolute Gasteiger partial charge is 0.374 e. The number of anilines is 1. The number of benzene rings is 2. The Morgan fingerprint density at radius 2 is 1.81 bits per heavy atom. The molecule has 32 heavy (non-hydrogen) atoms. The molecule has 0 N–H and O–H groups in total. The zero-order valence-corrected chi connectivity index (χ0v) is 19.1.